The average Bonchev–Trinajstić information content (AvgIpc) is 3.09. The van der Waals surface area contributed by atoms with Crippen LogP contribution in [0.3, 0.4) is 0 Å². The van der Waals surface area contributed by atoms with Crippen LogP contribution in [0.1, 0.15) is 18.5 Å². The second kappa shape index (κ2) is 8.17. The number of nitrogens with one attached hydrogen (secondary N) is 1. The molecule has 0 aliphatic carbocycles. The fraction of sp³-hybridized carbons (Fsp3) is 0.692. The monoisotopic (exact) mass is 352 g/mol. The SMILES string of the molecule is Cc1csc(N2CCN(C(=O)[C@@H]3CCCN3)CC2)n1.Cl.Cl. The van der Waals surface area contributed by atoms with Crippen molar-refractivity contribution in [2.75, 3.05) is 37.6 Å². The molecule has 1 aromatic heterocycles. The third-order valence-electron chi connectivity index (χ3n) is 3.83. The highest BCUT2D eigenvalue weighted by atomic mass is 35.5. The maximum absolute atomic E-state index is 12.3. The van der Waals surface area contributed by atoms with Gasteiger partial charge in [0.1, 0.15) is 0 Å². The Balaban J connectivity index is 0.00000110. The summed E-state index contributed by atoms with van der Waals surface area (Å²) in [6.45, 7) is 6.42. The van der Waals surface area contributed by atoms with Crippen molar-refractivity contribution in [2.45, 2.75) is 25.8 Å². The van der Waals surface area contributed by atoms with Crippen LogP contribution < -0.4 is 10.2 Å². The van der Waals surface area contributed by atoms with Crippen molar-refractivity contribution in [3.63, 3.8) is 0 Å². The summed E-state index contributed by atoms with van der Waals surface area (Å²) in [6, 6.07) is 0.0636. The second-order valence-electron chi connectivity index (χ2n) is 5.23. The molecule has 8 heteroatoms. The molecule has 0 unspecified atom stereocenters. The lowest BCUT2D eigenvalue weighted by Gasteiger charge is -2.35. The Morgan fingerprint density at radius 3 is 2.57 bits per heavy atom. The van der Waals surface area contributed by atoms with Gasteiger partial charge in [0, 0.05) is 31.6 Å². The van der Waals surface area contributed by atoms with Crippen molar-refractivity contribution in [3.05, 3.63) is 11.1 Å². The summed E-state index contributed by atoms with van der Waals surface area (Å²) in [4.78, 5) is 21.1. The molecule has 2 aliphatic rings. The normalized spacial score (nSPS) is 21.7. The molecular weight excluding hydrogens is 331 g/mol. The molecule has 1 atom stereocenters. The number of hydrogen-bond acceptors (Lipinski definition) is 5. The van der Waals surface area contributed by atoms with Crippen LogP contribution in [0.15, 0.2) is 5.38 Å². The Morgan fingerprint density at radius 1 is 1.33 bits per heavy atom. The van der Waals surface area contributed by atoms with E-state index in [0.717, 1.165) is 56.4 Å². The molecule has 2 fully saturated rings. The number of hydrogen-bond donors (Lipinski definition) is 1. The van der Waals surface area contributed by atoms with Crippen molar-refractivity contribution in [3.8, 4) is 0 Å². The zero-order chi connectivity index (χ0) is 13.2. The Kier molecular flexibility index (Phi) is 7.20. The average molecular weight is 353 g/mol. The van der Waals surface area contributed by atoms with E-state index in [9.17, 15) is 4.79 Å². The zero-order valence-electron chi connectivity index (χ0n) is 12.1. The van der Waals surface area contributed by atoms with E-state index >= 15 is 0 Å². The molecular formula is C13H22Cl2N4OS. The maximum atomic E-state index is 12.3. The van der Waals surface area contributed by atoms with E-state index in [2.05, 4.69) is 20.6 Å². The minimum absolute atomic E-state index is 0. The van der Waals surface area contributed by atoms with Crippen molar-refractivity contribution >= 4 is 47.2 Å². The molecule has 120 valence electrons. The number of nitrogens with zero attached hydrogens (tertiary/aromatic N) is 3. The number of piperazine rings is 1. The first-order valence-electron chi connectivity index (χ1n) is 6.93. The largest absolute Gasteiger partial charge is 0.345 e. The van der Waals surface area contributed by atoms with Gasteiger partial charge >= 0.3 is 0 Å². The van der Waals surface area contributed by atoms with Gasteiger partial charge in [-0.25, -0.2) is 4.98 Å². The van der Waals surface area contributed by atoms with Crippen LogP contribution in [0, 0.1) is 6.92 Å². The van der Waals surface area contributed by atoms with Gasteiger partial charge in [0.05, 0.1) is 11.7 Å². The Bertz CT molecular complexity index is 457. The number of thiazole rings is 1. The fourth-order valence-electron chi connectivity index (χ4n) is 2.72. The number of carbonyl (C=O) groups is 1. The number of aromatic nitrogens is 1. The van der Waals surface area contributed by atoms with Crippen LogP contribution in [0.25, 0.3) is 0 Å². The number of anilines is 1. The quantitative estimate of drug-likeness (QED) is 0.879. The number of amides is 1. The van der Waals surface area contributed by atoms with Crippen LogP contribution in [-0.4, -0.2) is 54.6 Å². The molecule has 1 N–H and O–H groups in total. The molecule has 0 saturated carbocycles. The first-order chi connectivity index (χ1) is 9.24. The standard InChI is InChI=1S/C13H20N4OS.2ClH/c1-10-9-19-13(15-10)17-7-5-16(6-8-17)12(18)11-3-2-4-14-11;;/h9,11,14H,2-8H2,1H3;2*1H/t11-;;/m0../s1. The van der Waals surface area contributed by atoms with Gasteiger partial charge in [-0.15, -0.1) is 36.2 Å². The van der Waals surface area contributed by atoms with Crippen molar-refractivity contribution in [1.82, 2.24) is 15.2 Å². The fourth-order valence-corrected chi connectivity index (χ4v) is 3.58. The smallest absolute Gasteiger partial charge is 0.239 e. The highest BCUT2D eigenvalue weighted by molar-refractivity contribution is 7.13. The predicted molar refractivity (Wildman–Crippen MR) is 91.2 cm³/mol. The molecule has 2 aliphatic heterocycles. The van der Waals surface area contributed by atoms with E-state index in [1.54, 1.807) is 11.3 Å². The van der Waals surface area contributed by atoms with Gasteiger partial charge < -0.3 is 15.1 Å². The lowest BCUT2D eigenvalue weighted by Crippen LogP contribution is -2.53. The Hall–Kier alpha value is -0.560. The molecule has 3 rings (SSSR count). The molecule has 0 radical (unpaired) electrons. The number of aryl methyl sites for hydroxylation is 1. The van der Waals surface area contributed by atoms with Crippen molar-refractivity contribution in [1.29, 1.82) is 0 Å². The lowest BCUT2D eigenvalue weighted by molar-refractivity contribution is -0.133. The topological polar surface area (TPSA) is 48.5 Å². The summed E-state index contributed by atoms with van der Waals surface area (Å²) >= 11 is 1.69. The summed E-state index contributed by atoms with van der Waals surface area (Å²) in [5.41, 5.74) is 1.08. The summed E-state index contributed by atoms with van der Waals surface area (Å²) in [7, 11) is 0. The highest BCUT2D eigenvalue weighted by Gasteiger charge is 2.29. The third kappa shape index (κ3) is 4.22. The minimum Gasteiger partial charge on any atom is -0.345 e. The molecule has 5 nitrogen and oxygen atoms in total. The van der Waals surface area contributed by atoms with E-state index in [0.29, 0.717) is 0 Å². The molecule has 21 heavy (non-hydrogen) atoms. The summed E-state index contributed by atoms with van der Waals surface area (Å²) < 4.78 is 0. The van der Waals surface area contributed by atoms with Gasteiger partial charge in [-0.1, -0.05) is 0 Å². The van der Waals surface area contributed by atoms with Gasteiger partial charge in [-0.2, -0.15) is 0 Å². The van der Waals surface area contributed by atoms with Gasteiger partial charge in [-0.3, -0.25) is 4.79 Å². The predicted octanol–water partition coefficient (Wildman–Crippen LogP) is 1.70. The van der Waals surface area contributed by atoms with E-state index in [1.165, 1.54) is 0 Å². The van der Waals surface area contributed by atoms with E-state index in [-0.39, 0.29) is 36.8 Å². The number of halogens is 2. The van der Waals surface area contributed by atoms with Crippen LogP contribution >= 0.6 is 36.2 Å². The van der Waals surface area contributed by atoms with Gasteiger partial charge in [0.2, 0.25) is 5.91 Å². The lowest BCUT2D eigenvalue weighted by atomic mass is 10.2. The van der Waals surface area contributed by atoms with E-state index < -0.39 is 0 Å². The second-order valence-corrected chi connectivity index (χ2v) is 6.07. The molecule has 1 amide bonds. The number of carbonyl (C=O) groups excluding carboxylic acids is 1. The van der Waals surface area contributed by atoms with E-state index in [1.807, 2.05) is 11.8 Å². The van der Waals surface area contributed by atoms with Crippen LogP contribution in [-0.2, 0) is 4.79 Å². The summed E-state index contributed by atoms with van der Waals surface area (Å²) in [5.74, 6) is 0.285. The molecule has 3 heterocycles. The number of rotatable bonds is 2. The van der Waals surface area contributed by atoms with E-state index in [4.69, 9.17) is 0 Å². The van der Waals surface area contributed by atoms with Gasteiger partial charge in [0.15, 0.2) is 5.13 Å². The molecule has 2 saturated heterocycles. The summed E-state index contributed by atoms with van der Waals surface area (Å²) in [6.07, 6.45) is 2.11. The van der Waals surface area contributed by atoms with Crippen LogP contribution in [0.2, 0.25) is 0 Å². The summed E-state index contributed by atoms with van der Waals surface area (Å²) in [5, 5.41) is 6.45. The Morgan fingerprint density at radius 2 is 2.05 bits per heavy atom. The van der Waals surface area contributed by atoms with Crippen molar-refractivity contribution in [2.24, 2.45) is 0 Å². The van der Waals surface area contributed by atoms with Crippen molar-refractivity contribution < 1.29 is 4.79 Å². The van der Waals surface area contributed by atoms with Crippen LogP contribution in [0.5, 0.6) is 0 Å². The molecule has 1 aromatic rings. The van der Waals surface area contributed by atoms with Gasteiger partial charge in [-0.05, 0) is 26.3 Å². The van der Waals surface area contributed by atoms with Crippen LogP contribution in [0.4, 0.5) is 5.13 Å². The zero-order valence-corrected chi connectivity index (χ0v) is 14.5. The highest BCUT2D eigenvalue weighted by Crippen LogP contribution is 2.21. The minimum atomic E-state index is 0. The van der Waals surface area contributed by atoms with Gasteiger partial charge in [0.25, 0.3) is 0 Å². The molecule has 0 spiro atoms. The first kappa shape index (κ1) is 18.5. The maximum Gasteiger partial charge on any atom is 0.239 e. The molecule has 0 aromatic carbocycles. The first-order valence-corrected chi connectivity index (χ1v) is 7.81. The third-order valence-corrected chi connectivity index (χ3v) is 4.85. The molecule has 0 bridgehead atoms. The Labute approximate surface area is 141 Å².